The van der Waals surface area contributed by atoms with Gasteiger partial charge in [-0.3, -0.25) is 0 Å². The zero-order valence-electron chi connectivity index (χ0n) is 12.5. The Bertz CT molecular complexity index is 553. The molecule has 2 heterocycles. The first-order valence-corrected chi connectivity index (χ1v) is 6.81. The Hall–Kier alpha value is -2.36. The molecule has 21 heavy (non-hydrogen) atoms. The van der Waals surface area contributed by atoms with Crippen molar-refractivity contribution in [2.75, 3.05) is 31.1 Å². The van der Waals surface area contributed by atoms with E-state index in [1.54, 1.807) is 11.1 Å². The molecule has 2 rings (SSSR count). The van der Waals surface area contributed by atoms with E-state index in [0.29, 0.717) is 32.0 Å². The van der Waals surface area contributed by atoms with Crippen molar-refractivity contribution in [2.45, 2.75) is 26.4 Å². The highest BCUT2D eigenvalue weighted by atomic mass is 16.6. The Labute approximate surface area is 124 Å². The second-order valence-electron chi connectivity index (χ2n) is 5.80. The van der Waals surface area contributed by atoms with E-state index in [0.717, 1.165) is 5.69 Å². The van der Waals surface area contributed by atoms with Gasteiger partial charge in [-0.1, -0.05) is 6.57 Å². The monoisotopic (exact) mass is 289 g/mol. The van der Waals surface area contributed by atoms with Gasteiger partial charge in [-0.15, -0.1) is 4.98 Å². The summed E-state index contributed by atoms with van der Waals surface area (Å²) in [6.07, 6.45) is 2.72. The van der Waals surface area contributed by atoms with Crippen molar-refractivity contribution in [3.05, 3.63) is 23.9 Å². The van der Waals surface area contributed by atoms with E-state index in [1.165, 1.54) is 6.33 Å². The number of aromatic nitrogens is 2. The molecule has 0 unspecified atom stereocenters. The molecule has 1 aliphatic heterocycles. The summed E-state index contributed by atoms with van der Waals surface area (Å²) in [4.78, 5) is 27.0. The Balaban J connectivity index is 1.98. The molecule has 0 aliphatic carbocycles. The number of carbonyl (C=O) groups is 1. The number of hydrogen-bond acceptors (Lipinski definition) is 5. The molecule has 1 aromatic rings. The van der Waals surface area contributed by atoms with Gasteiger partial charge in [0.1, 0.15) is 5.60 Å². The van der Waals surface area contributed by atoms with Gasteiger partial charge in [0.05, 0.1) is 5.69 Å². The predicted molar refractivity (Wildman–Crippen MR) is 78.3 cm³/mol. The predicted octanol–water partition coefficient (Wildman–Crippen LogP) is 2.08. The van der Waals surface area contributed by atoms with Crippen LogP contribution in [0.1, 0.15) is 20.8 Å². The van der Waals surface area contributed by atoms with Crippen LogP contribution in [0.5, 0.6) is 0 Å². The van der Waals surface area contributed by atoms with Gasteiger partial charge in [-0.2, -0.15) is 0 Å². The van der Waals surface area contributed by atoms with Crippen LogP contribution in [0.4, 0.5) is 16.3 Å². The van der Waals surface area contributed by atoms with E-state index >= 15 is 0 Å². The van der Waals surface area contributed by atoms with E-state index in [2.05, 4.69) is 14.8 Å². The van der Waals surface area contributed by atoms with E-state index in [-0.39, 0.29) is 6.09 Å². The molecule has 1 saturated heterocycles. The third-order valence-corrected chi connectivity index (χ3v) is 3.05. The van der Waals surface area contributed by atoms with Crippen molar-refractivity contribution in [2.24, 2.45) is 0 Å². The highest BCUT2D eigenvalue weighted by Gasteiger charge is 2.26. The van der Waals surface area contributed by atoms with Crippen LogP contribution >= 0.6 is 0 Å². The molecule has 0 saturated carbocycles. The molecular weight excluding hydrogens is 270 g/mol. The van der Waals surface area contributed by atoms with Gasteiger partial charge in [0.25, 0.3) is 5.82 Å². The van der Waals surface area contributed by atoms with Crippen molar-refractivity contribution >= 4 is 17.6 Å². The van der Waals surface area contributed by atoms with E-state index < -0.39 is 5.60 Å². The first-order chi connectivity index (χ1) is 9.90. The smallest absolute Gasteiger partial charge is 0.410 e. The summed E-state index contributed by atoms with van der Waals surface area (Å²) in [5.41, 5.74) is 0.231. The average Bonchev–Trinajstić information content (AvgIpc) is 2.45. The fourth-order valence-corrected chi connectivity index (χ4v) is 2.08. The lowest BCUT2D eigenvalue weighted by Gasteiger charge is -2.36. The fraction of sp³-hybridized carbons (Fsp3) is 0.571. The Morgan fingerprint density at radius 1 is 1.33 bits per heavy atom. The molecule has 7 nitrogen and oxygen atoms in total. The molecule has 1 fully saturated rings. The molecular formula is C14H19N5O2. The molecule has 0 N–H and O–H groups in total. The molecule has 7 heteroatoms. The number of nitrogens with zero attached hydrogens (tertiary/aromatic N) is 5. The molecule has 1 aliphatic rings. The summed E-state index contributed by atoms with van der Waals surface area (Å²) in [5.74, 6) is 0.343. The summed E-state index contributed by atoms with van der Waals surface area (Å²) < 4.78 is 5.36. The Morgan fingerprint density at radius 3 is 2.57 bits per heavy atom. The maximum Gasteiger partial charge on any atom is 0.410 e. The largest absolute Gasteiger partial charge is 0.444 e. The third kappa shape index (κ3) is 3.81. The van der Waals surface area contributed by atoms with Crippen LogP contribution in [-0.4, -0.2) is 52.7 Å². The second-order valence-corrected chi connectivity index (χ2v) is 5.80. The number of ether oxygens (including phenoxy) is 1. The van der Waals surface area contributed by atoms with Gasteiger partial charge in [-0.25, -0.2) is 9.78 Å². The number of hydrogen-bond donors (Lipinski definition) is 0. The lowest BCUT2D eigenvalue weighted by molar-refractivity contribution is 0.0240. The van der Waals surface area contributed by atoms with Gasteiger partial charge in [0.15, 0.2) is 0 Å². The molecule has 0 spiro atoms. The molecule has 1 amide bonds. The van der Waals surface area contributed by atoms with Gasteiger partial charge >= 0.3 is 6.09 Å². The minimum atomic E-state index is -0.487. The fourth-order valence-electron chi connectivity index (χ4n) is 2.08. The standard InChI is InChI=1S/C14H19N5O2/c1-14(2,3)21-13(20)19-7-5-18(6-8-19)11-9-16-10-17-12(11)15-4/h9-10H,5-8H2,1-3H3. The number of amides is 1. The summed E-state index contributed by atoms with van der Waals surface area (Å²) in [6.45, 7) is 15.1. The van der Waals surface area contributed by atoms with Crippen molar-refractivity contribution in [1.82, 2.24) is 14.9 Å². The molecule has 0 aromatic carbocycles. The number of anilines is 1. The number of piperazine rings is 1. The minimum Gasteiger partial charge on any atom is -0.444 e. The van der Waals surface area contributed by atoms with Gasteiger partial charge in [0, 0.05) is 32.4 Å². The van der Waals surface area contributed by atoms with Gasteiger partial charge in [0.2, 0.25) is 6.33 Å². The molecule has 1 aromatic heterocycles. The molecule has 112 valence electrons. The second kappa shape index (κ2) is 5.95. The minimum absolute atomic E-state index is 0.295. The van der Waals surface area contributed by atoms with Crippen LogP contribution in [0.3, 0.4) is 0 Å². The van der Waals surface area contributed by atoms with Crippen molar-refractivity contribution in [3.8, 4) is 0 Å². The van der Waals surface area contributed by atoms with Crippen LogP contribution in [0.15, 0.2) is 12.5 Å². The number of rotatable bonds is 1. The maximum atomic E-state index is 12.0. The third-order valence-electron chi connectivity index (χ3n) is 3.05. The molecule has 0 radical (unpaired) electrons. The van der Waals surface area contributed by atoms with E-state index in [9.17, 15) is 4.79 Å². The Morgan fingerprint density at radius 2 is 2.00 bits per heavy atom. The van der Waals surface area contributed by atoms with Crippen LogP contribution in [0.25, 0.3) is 4.85 Å². The van der Waals surface area contributed by atoms with Crippen molar-refractivity contribution in [3.63, 3.8) is 0 Å². The maximum absolute atomic E-state index is 12.0. The topological polar surface area (TPSA) is 62.9 Å². The van der Waals surface area contributed by atoms with Crippen LogP contribution in [0.2, 0.25) is 0 Å². The Kier molecular flexibility index (Phi) is 4.26. The lowest BCUT2D eigenvalue weighted by Crippen LogP contribution is -2.50. The van der Waals surface area contributed by atoms with E-state index in [1.807, 2.05) is 25.7 Å². The summed E-state index contributed by atoms with van der Waals surface area (Å²) >= 11 is 0. The summed E-state index contributed by atoms with van der Waals surface area (Å²) in [6, 6.07) is 0. The van der Waals surface area contributed by atoms with Crippen LogP contribution in [0, 0.1) is 6.57 Å². The molecule has 0 bridgehead atoms. The zero-order chi connectivity index (χ0) is 15.5. The van der Waals surface area contributed by atoms with Crippen LogP contribution in [-0.2, 0) is 4.74 Å². The summed E-state index contributed by atoms with van der Waals surface area (Å²) in [5, 5.41) is 0. The SMILES string of the molecule is [C-]#[N+]c1ncncc1N1CCN(C(=O)OC(C)(C)C)CC1. The quantitative estimate of drug-likeness (QED) is 0.741. The first-order valence-electron chi connectivity index (χ1n) is 6.81. The highest BCUT2D eigenvalue weighted by molar-refractivity contribution is 5.70. The van der Waals surface area contributed by atoms with Gasteiger partial charge < -0.3 is 19.4 Å². The lowest BCUT2D eigenvalue weighted by atomic mass is 10.2. The van der Waals surface area contributed by atoms with Crippen molar-refractivity contribution in [1.29, 1.82) is 0 Å². The molecule has 0 atom stereocenters. The number of carbonyl (C=O) groups excluding carboxylic acids is 1. The van der Waals surface area contributed by atoms with Crippen molar-refractivity contribution < 1.29 is 9.53 Å². The normalized spacial score (nSPS) is 15.5. The zero-order valence-corrected chi connectivity index (χ0v) is 12.5. The average molecular weight is 289 g/mol. The van der Waals surface area contributed by atoms with Crippen LogP contribution < -0.4 is 4.90 Å². The van der Waals surface area contributed by atoms with E-state index in [4.69, 9.17) is 11.3 Å². The highest BCUT2D eigenvalue weighted by Crippen LogP contribution is 2.25. The summed E-state index contributed by atoms with van der Waals surface area (Å²) in [7, 11) is 0. The first kappa shape index (κ1) is 15.0. The van der Waals surface area contributed by atoms with Gasteiger partial charge in [-0.05, 0) is 20.8 Å².